The van der Waals surface area contributed by atoms with Gasteiger partial charge in [0.25, 0.3) is 0 Å². The zero-order valence-electron chi connectivity index (χ0n) is 11.5. The summed E-state index contributed by atoms with van der Waals surface area (Å²) in [7, 11) is 0. The first-order chi connectivity index (χ1) is 9.74. The summed E-state index contributed by atoms with van der Waals surface area (Å²) in [6.07, 6.45) is 6.14. The molecule has 104 valence electrons. The maximum Gasteiger partial charge on any atom is 0.119 e. The van der Waals surface area contributed by atoms with Crippen molar-refractivity contribution in [3.8, 4) is 22.6 Å². The molecule has 2 heteroatoms. The molecule has 1 fully saturated rings. The molecule has 2 nitrogen and oxygen atoms in total. The molecule has 1 saturated carbocycles. The SMILES string of the molecule is Oc1cccc(-c2ccc(O)c(C3CCCCC3)c2)c1. The first-order valence-corrected chi connectivity index (χ1v) is 7.36. The number of aromatic hydroxyl groups is 2. The number of benzene rings is 2. The van der Waals surface area contributed by atoms with Crippen molar-refractivity contribution in [1.82, 2.24) is 0 Å². The smallest absolute Gasteiger partial charge is 0.119 e. The molecule has 2 aromatic rings. The second kappa shape index (κ2) is 5.58. The Morgan fingerprint density at radius 3 is 2.30 bits per heavy atom. The summed E-state index contributed by atoms with van der Waals surface area (Å²) >= 11 is 0. The topological polar surface area (TPSA) is 40.5 Å². The van der Waals surface area contributed by atoms with Crippen molar-refractivity contribution in [3.63, 3.8) is 0 Å². The Kier molecular flexibility index (Phi) is 3.64. The van der Waals surface area contributed by atoms with Crippen molar-refractivity contribution in [2.24, 2.45) is 0 Å². The standard InChI is InChI=1S/C18H20O2/c19-16-8-4-7-14(11-16)15-9-10-18(20)17(12-15)13-5-2-1-3-6-13/h4,7-13,19-20H,1-3,5-6H2. The number of hydrogen-bond acceptors (Lipinski definition) is 2. The predicted octanol–water partition coefficient (Wildman–Crippen LogP) is 4.81. The highest BCUT2D eigenvalue weighted by molar-refractivity contribution is 5.67. The van der Waals surface area contributed by atoms with Crippen LogP contribution in [0.15, 0.2) is 42.5 Å². The van der Waals surface area contributed by atoms with Gasteiger partial charge in [0.05, 0.1) is 0 Å². The molecular weight excluding hydrogens is 248 g/mol. The van der Waals surface area contributed by atoms with E-state index in [1.165, 1.54) is 19.3 Å². The summed E-state index contributed by atoms with van der Waals surface area (Å²) in [6, 6.07) is 13.0. The Morgan fingerprint density at radius 2 is 1.55 bits per heavy atom. The predicted molar refractivity (Wildman–Crippen MR) is 81.0 cm³/mol. The monoisotopic (exact) mass is 268 g/mol. The maximum absolute atomic E-state index is 10.1. The zero-order valence-corrected chi connectivity index (χ0v) is 11.5. The fraction of sp³-hybridized carbons (Fsp3) is 0.333. The molecule has 0 aliphatic heterocycles. The molecule has 0 heterocycles. The largest absolute Gasteiger partial charge is 0.508 e. The summed E-state index contributed by atoms with van der Waals surface area (Å²) in [4.78, 5) is 0. The van der Waals surface area contributed by atoms with Crippen LogP contribution in [0.25, 0.3) is 11.1 Å². The molecule has 1 aliphatic rings. The van der Waals surface area contributed by atoms with Gasteiger partial charge in [0.15, 0.2) is 0 Å². The minimum Gasteiger partial charge on any atom is -0.508 e. The van der Waals surface area contributed by atoms with E-state index in [0.717, 1.165) is 29.5 Å². The van der Waals surface area contributed by atoms with Gasteiger partial charge >= 0.3 is 0 Å². The molecule has 0 radical (unpaired) electrons. The van der Waals surface area contributed by atoms with E-state index in [1.807, 2.05) is 18.2 Å². The number of hydrogen-bond donors (Lipinski definition) is 2. The van der Waals surface area contributed by atoms with Crippen molar-refractivity contribution < 1.29 is 10.2 Å². The molecule has 3 rings (SSSR count). The summed E-state index contributed by atoms with van der Waals surface area (Å²) in [6.45, 7) is 0. The fourth-order valence-electron chi connectivity index (χ4n) is 3.16. The second-order valence-electron chi connectivity index (χ2n) is 5.66. The number of phenolic OH excluding ortho intramolecular Hbond substituents is 2. The van der Waals surface area contributed by atoms with E-state index in [1.54, 1.807) is 18.2 Å². The molecular formula is C18H20O2. The van der Waals surface area contributed by atoms with E-state index in [2.05, 4.69) is 6.07 Å². The highest BCUT2D eigenvalue weighted by Gasteiger charge is 2.19. The van der Waals surface area contributed by atoms with Gasteiger partial charge in [-0.2, -0.15) is 0 Å². The van der Waals surface area contributed by atoms with Crippen LogP contribution in [-0.2, 0) is 0 Å². The van der Waals surface area contributed by atoms with Crippen molar-refractivity contribution in [2.75, 3.05) is 0 Å². The molecule has 2 aromatic carbocycles. The van der Waals surface area contributed by atoms with E-state index >= 15 is 0 Å². The van der Waals surface area contributed by atoms with Crippen LogP contribution in [0, 0.1) is 0 Å². The van der Waals surface area contributed by atoms with Gasteiger partial charge in [-0.05, 0) is 59.7 Å². The highest BCUT2D eigenvalue weighted by Crippen LogP contribution is 2.39. The lowest BCUT2D eigenvalue weighted by Crippen LogP contribution is -2.04. The lowest BCUT2D eigenvalue weighted by Gasteiger charge is -2.23. The third-order valence-electron chi connectivity index (χ3n) is 4.25. The average Bonchev–Trinajstić information content (AvgIpc) is 2.48. The highest BCUT2D eigenvalue weighted by atomic mass is 16.3. The molecule has 0 aromatic heterocycles. The molecule has 2 N–H and O–H groups in total. The number of phenols is 2. The first kappa shape index (κ1) is 13.0. The van der Waals surface area contributed by atoms with E-state index < -0.39 is 0 Å². The van der Waals surface area contributed by atoms with Gasteiger partial charge in [-0.25, -0.2) is 0 Å². The van der Waals surface area contributed by atoms with Gasteiger partial charge in [0.2, 0.25) is 0 Å². The zero-order chi connectivity index (χ0) is 13.9. The van der Waals surface area contributed by atoms with Gasteiger partial charge < -0.3 is 10.2 Å². The second-order valence-corrected chi connectivity index (χ2v) is 5.66. The van der Waals surface area contributed by atoms with Gasteiger partial charge in [0.1, 0.15) is 11.5 Å². The van der Waals surface area contributed by atoms with Crippen LogP contribution in [0.3, 0.4) is 0 Å². The molecule has 1 aliphatic carbocycles. The van der Waals surface area contributed by atoms with Crippen molar-refractivity contribution in [2.45, 2.75) is 38.0 Å². The number of rotatable bonds is 2. The minimum absolute atomic E-state index is 0.273. The average molecular weight is 268 g/mol. The summed E-state index contributed by atoms with van der Waals surface area (Å²) in [5.41, 5.74) is 3.10. The van der Waals surface area contributed by atoms with E-state index in [4.69, 9.17) is 0 Å². The molecule has 0 saturated heterocycles. The molecule has 0 amide bonds. The van der Waals surface area contributed by atoms with Gasteiger partial charge in [-0.3, -0.25) is 0 Å². The molecule has 0 unspecified atom stereocenters. The summed E-state index contributed by atoms with van der Waals surface area (Å²) in [5, 5.41) is 19.7. The van der Waals surface area contributed by atoms with Crippen LogP contribution in [0.5, 0.6) is 11.5 Å². The Balaban J connectivity index is 1.97. The Hall–Kier alpha value is -1.96. The van der Waals surface area contributed by atoms with E-state index in [0.29, 0.717) is 11.7 Å². The molecule has 20 heavy (non-hydrogen) atoms. The van der Waals surface area contributed by atoms with Crippen LogP contribution in [-0.4, -0.2) is 10.2 Å². The van der Waals surface area contributed by atoms with Crippen LogP contribution in [0.4, 0.5) is 0 Å². The first-order valence-electron chi connectivity index (χ1n) is 7.36. The van der Waals surface area contributed by atoms with Crippen molar-refractivity contribution in [1.29, 1.82) is 0 Å². The fourth-order valence-corrected chi connectivity index (χ4v) is 3.16. The Bertz CT molecular complexity index is 598. The summed E-state index contributed by atoms with van der Waals surface area (Å²) in [5.74, 6) is 1.15. The van der Waals surface area contributed by atoms with Crippen LogP contribution in [0.1, 0.15) is 43.6 Å². The van der Waals surface area contributed by atoms with Gasteiger partial charge in [-0.1, -0.05) is 37.5 Å². The molecule has 0 bridgehead atoms. The quantitative estimate of drug-likeness (QED) is 0.820. The lowest BCUT2D eigenvalue weighted by molar-refractivity contribution is 0.414. The molecule has 0 atom stereocenters. The Labute approximate surface area is 119 Å². The van der Waals surface area contributed by atoms with E-state index in [9.17, 15) is 10.2 Å². The van der Waals surface area contributed by atoms with Gasteiger partial charge in [-0.15, -0.1) is 0 Å². The lowest BCUT2D eigenvalue weighted by atomic mass is 9.83. The van der Waals surface area contributed by atoms with Crippen molar-refractivity contribution >= 4 is 0 Å². The maximum atomic E-state index is 10.1. The normalized spacial score (nSPS) is 16.2. The van der Waals surface area contributed by atoms with Crippen LogP contribution >= 0.6 is 0 Å². The van der Waals surface area contributed by atoms with Crippen LogP contribution < -0.4 is 0 Å². The third kappa shape index (κ3) is 2.64. The summed E-state index contributed by atoms with van der Waals surface area (Å²) < 4.78 is 0. The third-order valence-corrected chi connectivity index (χ3v) is 4.25. The van der Waals surface area contributed by atoms with Crippen LogP contribution in [0.2, 0.25) is 0 Å². The van der Waals surface area contributed by atoms with Crippen molar-refractivity contribution in [3.05, 3.63) is 48.0 Å². The van der Waals surface area contributed by atoms with E-state index in [-0.39, 0.29) is 5.75 Å². The minimum atomic E-state index is 0.273. The Morgan fingerprint density at radius 1 is 0.800 bits per heavy atom. The van der Waals surface area contributed by atoms with Gasteiger partial charge in [0, 0.05) is 0 Å². The molecule has 0 spiro atoms.